The predicted octanol–water partition coefficient (Wildman–Crippen LogP) is 3.83. The van der Waals surface area contributed by atoms with Crippen molar-refractivity contribution in [2.75, 3.05) is 26.3 Å². The normalized spacial score (nSPS) is 13.4. The molecule has 1 aliphatic heterocycles. The van der Waals surface area contributed by atoms with Gasteiger partial charge in [0.25, 0.3) is 5.91 Å². The van der Waals surface area contributed by atoms with E-state index in [1.165, 1.54) is 36.5 Å². The number of fused-ring (bicyclic) bond motifs is 1. The van der Waals surface area contributed by atoms with Crippen molar-refractivity contribution in [3.8, 4) is 34.7 Å². The molecule has 34 heavy (non-hydrogen) atoms. The third kappa shape index (κ3) is 5.53. The van der Waals surface area contributed by atoms with Crippen molar-refractivity contribution in [2.45, 2.75) is 6.36 Å². The molecule has 0 aliphatic carbocycles. The van der Waals surface area contributed by atoms with Gasteiger partial charge in [-0.25, -0.2) is 4.98 Å². The van der Waals surface area contributed by atoms with Crippen LogP contribution >= 0.6 is 0 Å². The van der Waals surface area contributed by atoms with Crippen LogP contribution in [0.1, 0.15) is 16.1 Å². The largest absolute Gasteiger partial charge is 0.573 e. The summed E-state index contributed by atoms with van der Waals surface area (Å²) in [7, 11) is 0. The van der Waals surface area contributed by atoms with Crippen LogP contribution in [0.3, 0.4) is 0 Å². The van der Waals surface area contributed by atoms with Crippen molar-refractivity contribution in [3.63, 3.8) is 0 Å². The van der Waals surface area contributed by atoms with Crippen LogP contribution in [-0.2, 0) is 0 Å². The summed E-state index contributed by atoms with van der Waals surface area (Å²) in [5, 5.41) is 8.90. The minimum Gasteiger partial charge on any atom is -0.491 e. The first kappa shape index (κ1) is 22.8. The number of hydrogen-bond acceptors (Lipinski definition) is 7. The van der Waals surface area contributed by atoms with E-state index in [-0.39, 0.29) is 43.1 Å². The summed E-state index contributed by atoms with van der Waals surface area (Å²) in [5.74, 6) is -0.193. The van der Waals surface area contributed by atoms with Crippen LogP contribution in [0.15, 0.2) is 54.7 Å². The molecule has 0 N–H and O–H groups in total. The lowest BCUT2D eigenvalue weighted by Crippen LogP contribution is -2.35. The second kappa shape index (κ2) is 9.66. The van der Waals surface area contributed by atoms with Crippen LogP contribution < -0.4 is 14.2 Å². The fraction of sp³-hybridized carbons (Fsp3) is 0.217. The highest BCUT2D eigenvalue weighted by atomic mass is 19.4. The Hall–Kier alpha value is -4.33. The van der Waals surface area contributed by atoms with E-state index in [9.17, 15) is 18.0 Å². The molecule has 2 aromatic carbocycles. The molecule has 4 rings (SSSR count). The van der Waals surface area contributed by atoms with Crippen LogP contribution in [-0.4, -0.2) is 53.4 Å². The Kier molecular flexibility index (Phi) is 6.49. The average molecular weight is 470 g/mol. The standard InChI is InChI=1S/C23H17F3N4O4/c24-23(25,26)34-18-4-1-15(2-5-18)16-3-6-20-19(13-16)21(31)30(9-11-32-20)10-12-33-22-28-8-7-17(14-27)29-22/h1-8,13H,9-12H2. The van der Waals surface area contributed by atoms with Crippen LogP contribution in [0.5, 0.6) is 17.5 Å². The van der Waals surface area contributed by atoms with E-state index < -0.39 is 6.36 Å². The van der Waals surface area contributed by atoms with Gasteiger partial charge in [0.05, 0.1) is 18.7 Å². The van der Waals surface area contributed by atoms with E-state index in [0.717, 1.165) is 0 Å². The maximum atomic E-state index is 13.1. The van der Waals surface area contributed by atoms with Gasteiger partial charge in [-0.3, -0.25) is 4.79 Å². The number of nitriles is 1. The van der Waals surface area contributed by atoms with Crippen molar-refractivity contribution in [3.05, 3.63) is 66.0 Å². The molecule has 3 aromatic rings. The number of benzene rings is 2. The minimum atomic E-state index is -4.77. The monoisotopic (exact) mass is 470 g/mol. The number of carbonyl (C=O) groups is 1. The van der Waals surface area contributed by atoms with E-state index in [2.05, 4.69) is 14.7 Å². The van der Waals surface area contributed by atoms with Crippen LogP contribution in [0, 0.1) is 11.3 Å². The first-order chi connectivity index (χ1) is 16.3. The number of rotatable bonds is 6. The van der Waals surface area contributed by atoms with Crippen molar-refractivity contribution < 1.29 is 32.2 Å². The number of hydrogen-bond donors (Lipinski definition) is 0. The minimum absolute atomic E-state index is 0.0400. The quantitative estimate of drug-likeness (QED) is 0.540. The molecule has 1 aromatic heterocycles. The summed E-state index contributed by atoms with van der Waals surface area (Å²) < 4.78 is 52.2. The maximum Gasteiger partial charge on any atom is 0.573 e. The molecule has 0 saturated heterocycles. The van der Waals surface area contributed by atoms with E-state index in [1.807, 2.05) is 6.07 Å². The fourth-order valence-electron chi connectivity index (χ4n) is 3.32. The van der Waals surface area contributed by atoms with Crippen LogP contribution in [0.4, 0.5) is 13.2 Å². The van der Waals surface area contributed by atoms with Gasteiger partial charge in [-0.1, -0.05) is 18.2 Å². The number of nitrogens with zero attached hydrogens (tertiary/aromatic N) is 4. The second-order valence-electron chi connectivity index (χ2n) is 7.11. The molecule has 0 bridgehead atoms. The van der Waals surface area contributed by atoms with Gasteiger partial charge in [0.15, 0.2) is 0 Å². The highest BCUT2D eigenvalue weighted by Gasteiger charge is 2.31. The van der Waals surface area contributed by atoms with Gasteiger partial charge >= 0.3 is 12.4 Å². The molecule has 1 amide bonds. The Morgan fingerprint density at radius 2 is 1.88 bits per heavy atom. The van der Waals surface area contributed by atoms with Gasteiger partial charge in [-0.2, -0.15) is 10.2 Å². The molecule has 0 atom stereocenters. The third-order valence-corrected chi connectivity index (χ3v) is 4.88. The Morgan fingerprint density at radius 3 is 2.62 bits per heavy atom. The molecule has 0 spiro atoms. The number of aromatic nitrogens is 2. The SMILES string of the molecule is N#Cc1ccnc(OCCN2CCOc3ccc(-c4ccc(OC(F)(F)F)cc4)cc3C2=O)n1. The molecule has 8 nitrogen and oxygen atoms in total. The van der Waals surface area contributed by atoms with E-state index in [4.69, 9.17) is 14.7 Å². The van der Waals surface area contributed by atoms with Crippen molar-refractivity contribution in [1.82, 2.24) is 14.9 Å². The molecule has 11 heteroatoms. The highest BCUT2D eigenvalue weighted by Crippen LogP contribution is 2.31. The lowest BCUT2D eigenvalue weighted by atomic mass is 10.0. The Labute approximate surface area is 192 Å². The number of ether oxygens (including phenoxy) is 3. The number of halogens is 3. The van der Waals surface area contributed by atoms with E-state index in [0.29, 0.717) is 29.0 Å². The zero-order chi connectivity index (χ0) is 24.1. The number of carbonyl (C=O) groups excluding carboxylic acids is 1. The molecule has 0 saturated carbocycles. The summed E-state index contributed by atoms with van der Waals surface area (Å²) in [4.78, 5) is 22.6. The van der Waals surface area contributed by atoms with Crippen LogP contribution in [0.25, 0.3) is 11.1 Å². The summed E-state index contributed by atoms with van der Waals surface area (Å²) in [6.07, 6.45) is -3.36. The second-order valence-corrected chi connectivity index (χ2v) is 7.11. The molecule has 2 heterocycles. The molecule has 0 radical (unpaired) electrons. The summed E-state index contributed by atoms with van der Waals surface area (Å²) in [6.45, 7) is 0.947. The highest BCUT2D eigenvalue weighted by molar-refractivity contribution is 5.98. The fourth-order valence-corrected chi connectivity index (χ4v) is 3.32. The van der Waals surface area contributed by atoms with Gasteiger partial charge in [-0.05, 0) is 41.5 Å². The smallest absolute Gasteiger partial charge is 0.491 e. The molecular weight excluding hydrogens is 453 g/mol. The van der Waals surface area contributed by atoms with Crippen molar-refractivity contribution >= 4 is 5.91 Å². The molecule has 1 aliphatic rings. The van der Waals surface area contributed by atoms with E-state index >= 15 is 0 Å². The van der Waals surface area contributed by atoms with Gasteiger partial charge in [0.2, 0.25) is 0 Å². The van der Waals surface area contributed by atoms with E-state index in [1.54, 1.807) is 23.1 Å². The lowest BCUT2D eigenvalue weighted by Gasteiger charge is -2.19. The molecule has 0 unspecified atom stereocenters. The summed E-state index contributed by atoms with van der Waals surface area (Å²) in [5.41, 5.74) is 1.74. The van der Waals surface area contributed by atoms with Gasteiger partial charge in [0.1, 0.15) is 36.5 Å². The summed E-state index contributed by atoms with van der Waals surface area (Å²) in [6, 6.07) is 13.8. The average Bonchev–Trinajstić information content (AvgIpc) is 2.97. The van der Waals surface area contributed by atoms with Crippen LogP contribution in [0.2, 0.25) is 0 Å². The summed E-state index contributed by atoms with van der Waals surface area (Å²) >= 11 is 0. The zero-order valence-corrected chi connectivity index (χ0v) is 17.6. The lowest BCUT2D eigenvalue weighted by molar-refractivity contribution is -0.274. The van der Waals surface area contributed by atoms with Crippen molar-refractivity contribution in [2.24, 2.45) is 0 Å². The van der Waals surface area contributed by atoms with Crippen molar-refractivity contribution in [1.29, 1.82) is 5.26 Å². The topological polar surface area (TPSA) is 97.6 Å². The maximum absolute atomic E-state index is 13.1. The Morgan fingerprint density at radius 1 is 1.12 bits per heavy atom. The Balaban J connectivity index is 1.47. The van der Waals surface area contributed by atoms with Gasteiger partial charge in [-0.15, -0.1) is 13.2 Å². The van der Waals surface area contributed by atoms with Gasteiger partial charge < -0.3 is 19.1 Å². The molecular formula is C23H17F3N4O4. The molecule has 0 fully saturated rings. The first-order valence-corrected chi connectivity index (χ1v) is 10.1. The first-order valence-electron chi connectivity index (χ1n) is 10.1. The third-order valence-electron chi connectivity index (χ3n) is 4.88. The van der Waals surface area contributed by atoms with Gasteiger partial charge in [0, 0.05) is 6.20 Å². The predicted molar refractivity (Wildman–Crippen MR) is 112 cm³/mol. The molecule has 174 valence electrons. The zero-order valence-electron chi connectivity index (χ0n) is 17.6. The number of alkyl halides is 3. The Bertz CT molecular complexity index is 1230. The number of amides is 1.